The Kier molecular flexibility index (Phi) is 5.40. The molecule has 1 aliphatic rings. The number of carbonyl (C=O) groups excluding carboxylic acids is 2. The molecule has 2 aromatic carbocycles. The molecule has 0 atom stereocenters. The highest BCUT2D eigenvalue weighted by Crippen LogP contribution is 2.45. The van der Waals surface area contributed by atoms with Gasteiger partial charge in [0.05, 0.1) is 30.5 Å². The number of hydrogen-bond donors (Lipinski definition) is 1. The predicted molar refractivity (Wildman–Crippen MR) is 120 cm³/mol. The fourth-order valence-corrected chi connectivity index (χ4v) is 5.05. The summed E-state index contributed by atoms with van der Waals surface area (Å²) >= 11 is 2.17. The molecule has 5 nitrogen and oxygen atoms in total. The number of fused-ring (bicyclic) bond motifs is 1. The van der Waals surface area contributed by atoms with Crippen LogP contribution in [0.3, 0.4) is 0 Å². The zero-order valence-corrected chi connectivity index (χ0v) is 18.7. The summed E-state index contributed by atoms with van der Waals surface area (Å²) < 4.78 is 19.7. The van der Waals surface area contributed by atoms with Crippen molar-refractivity contribution >= 4 is 40.1 Å². The molecule has 3 aromatic rings. The van der Waals surface area contributed by atoms with Crippen LogP contribution in [-0.2, 0) is 23.3 Å². The zero-order valence-electron chi connectivity index (χ0n) is 16.5. The lowest BCUT2D eigenvalue weighted by Gasteiger charge is -2.20. The number of anilines is 1. The highest BCUT2D eigenvalue weighted by Gasteiger charge is 2.45. The first-order valence-electron chi connectivity index (χ1n) is 9.48. The number of benzene rings is 2. The lowest BCUT2D eigenvalue weighted by molar-refractivity contribution is -0.122. The van der Waals surface area contributed by atoms with Gasteiger partial charge < -0.3 is 14.6 Å². The molecule has 0 radical (unpaired) electrons. The Bertz CT molecular complexity index is 1130. The smallest absolute Gasteiger partial charge is 0.251 e. The highest BCUT2D eigenvalue weighted by molar-refractivity contribution is 14.1. The number of halogens is 2. The van der Waals surface area contributed by atoms with Gasteiger partial charge in [-0.25, -0.2) is 4.39 Å². The van der Waals surface area contributed by atoms with E-state index in [0.29, 0.717) is 22.6 Å². The molecule has 0 fully saturated rings. The molecule has 154 valence electrons. The van der Waals surface area contributed by atoms with Gasteiger partial charge in [0.25, 0.3) is 5.91 Å². The number of nitrogens with zero attached hydrogens (tertiary/aromatic N) is 1. The minimum atomic E-state index is -0.734. The average molecular weight is 518 g/mol. The minimum absolute atomic E-state index is 0.0761. The lowest BCUT2D eigenvalue weighted by Crippen LogP contribution is -2.35. The van der Waals surface area contributed by atoms with Gasteiger partial charge in [-0.2, -0.15) is 0 Å². The third-order valence-corrected chi connectivity index (χ3v) is 6.11. The molecule has 2 amide bonds. The van der Waals surface area contributed by atoms with Crippen LogP contribution in [0.25, 0.3) is 0 Å². The van der Waals surface area contributed by atoms with Crippen LogP contribution in [0.15, 0.2) is 59.2 Å². The molecular weight excluding hydrogens is 498 g/mol. The summed E-state index contributed by atoms with van der Waals surface area (Å²) in [4.78, 5) is 27.6. The molecule has 0 unspecified atom stereocenters. The second kappa shape index (κ2) is 7.86. The van der Waals surface area contributed by atoms with Crippen LogP contribution in [0, 0.1) is 9.39 Å². The van der Waals surface area contributed by atoms with Crippen molar-refractivity contribution in [2.24, 2.45) is 0 Å². The van der Waals surface area contributed by atoms with Gasteiger partial charge in [-0.15, -0.1) is 0 Å². The van der Waals surface area contributed by atoms with E-state index >= 15 is 0 Å². The van der Waals surface area contributed by atoms with Crippen LogP contribution in [0.2, 0.25) is 0 Å². The number of hydrogen-bond acceptors (Lipinski definition) is 3. The summed E-state index contributed by atoms with van der Waals surface area (Å²) in [5, 5.41) is 2.83. The molecule has 0 saturated heterocycles. The Morgan fingerprint density at radius 2 is 2.00 bits per heavy atom. The largest absolute Gasteiger partial charge is 0.467 e. The predicted octanol–water partition coefficient (Wildman–Crippen LogP) is 4.78. The number of amides is 2. The molecule has 0 bridgehead atoms. The molecule has 4 rings (SSSR count). The van der Waals surface area contributed by atoms with Crippen molar-refractivity contribution in [3.63, 3.8) is 0 Å². The van der Waals surface area contributed by atoms with Crippen molar-refractivity contribution in [1.82, 2.24) is 5.32 Å². The Labute approximate surface area is 187 Å². The van der Waals surface area contributed by atoms with E-state index in [1.54, 1.807) is 47.6 Å². The Morgan fingerprint density at radius 3 is 2.70 bits per heavy atom. The molecular formula is C23H20FIN2O3. The van der Waals surface area contributed by atoms with E-state index in [1.807, 2.05) is 13.8 Å². The summed E-state index contributed by atoms with van der Waals surface area (Å²) in [6.07, 6.45) is 1.55. The molecule has 0 aliphatic carbocycles. The number of rotatable bonds is 5. The minimum Gasteiger partial charge on any atom is -0.467 e. The Morgan fingerprint density at radius 1 is 1.20 bits per heavy atom. The third-order valence-electron chi connectivity index (χ3n) is 5.26. The second-order valence-electron chi connectivity index (χ2n) is 7.76. The van der Waals surface area contributed by atoms with Crippen LogP contribution in [0.1, 0.15) is 41.1 Å². The first-order valence-corrected chi connectivity index (χ1v) is 10.6. The number of carbonyl (C=O) groups is 2. The van der Waals surface area contributed by atoms with Crippen LogP contribution >= 0.6 is 22.6 Å². The van der Waals surface area contributed by atoms with E-state index in [-0.39, 0.29) is 30.7 Å². The summed E-state index contributed by atoms with van der Waals surface area (Å²) in [5.74, 6) is -0.0229. The van der Waals surface area contributed by atoms with E-state index in [9.17, 15) is 14.0 Å². The summed E-state index contributed by atoms with van der Waals surface area (Å²) in [6.45, 7) is 4.26. The van der Waals surface area contributed by atoms with Crippen molar-refractivity contribution in [1.29, 1.82) is 0 Å². The van der Waals surface area contributed by atoms with Crippen molar-refractivity contribution in [2.45, 2.75) is 32.4 Å². The van der Waals surface area contributed by atoms with Gasteiger partial charge in [0.2, 0.25) is 5.91 Å². The first kappa shape index (κ1) is 20.6. The van der Waals surface area contributed by atoms with Crippen LogP contribution in [0.4, 0.5) is 10.1 Å². The van der Waals surface area contributed by atoms with Crippen molar-refractivity contribution in [3.8, 4) is 0 Å². The molecule has 0 spiro atoms. The maximum atomic E-state index is 13.7. The van der Waals surface area contributed by atoms with Gasteiger partial charge in [0, 0.05) is 14.7 Å². The normalized spacial score (nSPS) is 14.7. The first-order chi connectivity index (χ1) is 14.3. The van der Waals surface area contributed by atoms with Gasteiger partial charge >= 0.3 is 0 Å². The Hall–Kier alpha value is -2.68. The zero-order chi connectivity index (χ0) is 21.5. The van der Waals surface area contributed by atoms with Crippen molar-refractivity contribution < 1.29 is 18.4 Å². The van der Waals surface area contributed by atoms with E-state index in [2.05, 4.69) is 27.9 Å². The molecule has 7 heteroatoms. The SMILES string of the molecule is CC1(C)C(=O)N(Cc2cccc(F)c2)c2cc(C(=O)NCc3ccco3)cc(I)c21. The second-order valence-corrected chi connectivity index (χ2v) is 8.92. The van der Waals surface area contributed by atoms with Crippen LogP contribution in [-0.4, -0.2) is 11.8 Å². The summed E-state index contributed by atoms with van der Waals surface area (Å²) in [6, 6.07) is 13.3. The number of furan rings is 1. The Balaban J connectivity index is 1.68. The topological polar surface area (TPSA) is 62.6 Å². The fraction of sp³-hybridized carbons (Fsp3) is 0.217. The summed E-state index contributed by atoms with van der Waals surface area (Å²) in [5.41, 5.74) is 1.98. The molecule has 2 heterocycles. The lowest BCUT2D eigenvalue weighted by atomic mass is 9.86. The van der Waals surface area contributed by atoms with Crippen LogP contribution < -0.4 is 10.2 Å². The van der Waals surface area contributed by atoms with E-state index < -0.39 is 5.41 Å². The quantitative estimate of drug-likeness (QED) is 0.495. The maximum absolute atomic E-state index is 13.7. The third kappa shape index (κ3) is 3.74. The molecule has 30 heavy (non-hydrogen) atoms. The van der Waals surface area contributed by atoms with Gasteiger partial charge in [-0.3, -0.25) is 9.59 Å². The molecule has 1 N–H and O–H groups in total. The monoisotopic (exact) mass is 518 g/mol. The van der Waals surface area contributed by atoms with Crippen LogP contribution in [0.5, 0.6) is 0 Å². The number of nitrogens with one attached hydrogen (secondary N) is 1. The maximum Gasteiger partial charge on any atom is 0.251 e. The van der Waals surface area contributed by atoms with Gasteiger partial charge in [-0.1, -0.05) is 12.1 Å². The summed E-state index contributed by atoms with van der Waals surface area (Å²) in [7, 11) is 0. The average Bonchev–Trinajstić information content (AvgIpc) is 3.28. The van der Waals surface area contributed by atoms with Gasteiger partial charge in [0.1, 0.15) is 11.6 Å². The molecule has 0 saturated carbocycles. The van der Waals surface area contributed by atoms with E-state index in [4.69, 9.17) is 4.42 Å². The standard InChI is InChI=1S/C23H20FIN2O3/c1-23(2)20-18(25)10-15(21(28)26-12-17-7-4-8-30-17)11-19(20)27(22(23)29)13-14-5-3-6-16(24)9-14/h3-11H,12-13H2,1-2H3,(H,26,28). The molecule has 1 aromatic heterocycles. The highest BCUT2D eigenvalue weighted by atomic mass is 127. The fourth-order valence-electron chi connectivity index (χ4n) is 3.77. The molecule has 1 aliphatic heterocycles. The van der Waals surface area contributed by atoms with E-state index in [1.165, 1.54) is 12.1 Å². The van der Waals surface area contributed by atoms with Crippen molar-refractivity contribution in [2.75, 3.05) is 4.90 Å². The van der Waals surface area contributed by atoms with Gasteiger partial charge in [0.15, 0.2) is 0 Å². The van der Waals surface area contributed by atoms with Crippen molar-refractivity contribution in [3.05, 3.63) is 86.6 Å². The van der Waals surface area contributed by atoms with Gasteiger partial charge in [-0.05, 0) is 78.4 Å². The van der Waals surface area contributed by atoms with E-state index in [0.717, 1.165) is 9.13 Å².